The summed E-state index contributed by atoms with van der Waals surface area (Å²) in [5, 5.41) is 26.9. The molecular weight excluding hydrogens is 374 g/mol. The number of ether oxygens (including phenoxy) is 1. The first kappa shape index (κ1) is 19.8. The van der Waals surface area contributed by atoms with E-state index in [0.717, 1.165) is 6.07 Å². The average molecular weight is 388 g/mol. The molecule has 0 spiro atoms. The van der Waals surface area contributed by atoms with Crippen LogP contribution in [0.5, 0.6) is 5.75 Å². The van der Waals surface area contributed by atoms with Crippen LogP contribution in [0.25, 0.3) is 0 Å². The number of anilines is 1. The molecule has 27 heavy (non-hydrogen) atoms. The Hall–Kier alpha value is -3.53. The fourth-order valence-electron chi connectivity index (χ4n) is 2.11. The third kappa shape index (κ3) is 5.22. The van der Waals surface area contributed by atoms with Gasteiger partial charge < -0.3 is 20.0 Å². The SMILES string of the molecule is CCOc1ccc(C(=O)NC(=S)Nc2ccc(C(=O)[O-])cc2)cc1[N+](=O)[O-]. The molecule has 2 aromatic rings. The second-order valence-corrected chi connectivity index (χ2v) is 5.55. The molecule has 2 N–H and O–H groups in total. The first-order valence-electron chi connectivity index (χ1n) is 7.66. The number of aromatic carboxylic acids is 1. The first-order valence-corrected chi connectivity index (χ1v) is 8.07. The van der Waals surface area contributed by atoms with E-state index in [0.29, 0.717) is 5.69 Å². The van der Waals surface area contributed by atoms with Crippen molar-refractivity contribution in [3.8, 4) is 5.75 Å². The van der Waals surface area contributed by atoms with E-state index in [1.165, 1.54) is 36.4 Å². The molecule has 1 amide bonds. The number of carbonyl (C=O) groups is 2. The van der Waals surface area contributed by atoms with Crippen molar-refractivity contribution in [3.05, 3.63) is 63.7 Å². The van der Waals surface area contributed by atoms with E-state index in [2.05, 4.69) is 10.6 Å². The van der Waals surface area contributed by atoms with E-state index in [9.17, 15) is 24.8 Å². The Morgan fingerprint density at radius 3 is 2.33 bits per heavy atom. The second kappa shape index (κ2) is 8.72. The number of nitrogens with one attached hydrogen (secondary N) is 2. The van der Waals surface area contributed by atoms with E-state index >= 15 is 0 Å². The Labute approximate surface area is 159 Å². The molecule has 0 aliphatic rings. The Bertz CT molecular complexity index is 898. The molecule has 10 heteroatoms. The third-order valence-electron chi connectivity index (χ3n) is 3.32. The minimum Gasteiger partial charge on any atom is -0.545 e. The highest BCUT2D eigenvalue weighted by Gasteiger charge is 2.19. The molecule has 2 aromatic carbocycles. The average Bonchev–Trinajstić information content (AvgIpc) is 2.62. The van der Waals surface area contributed by atoms with E-state index < -0.39 is 16.8 Å². The number of carboxylic acid groups (broad SMARTS) is 1. The molecule has 0 heterocycles. The highest BCUT2D eigenvalue weighted by molar-refractivity contribution is 7.80. The van der Waals surface area contributed by atoms with Crippen molar-refractivity contribution in [1.82, 2.24) is 5.32 Å². The van der Waals surface area contributed by atoms with Crippen molar-refractivity contribution in [2.45, 2.75) is 6.92 Å². The minimum atomic E-state index is -1.31. The van der Waals surface area contributed by atoms with E-state index in [4.69, 9.17) is 17.0 Å². The minimum absolute atomic E-state index is 0.00259. The summed E-state index contributed by atoms with van der Waals surface area (Å²) < 4.78 is 5.16. The Morgan fingerprint density at radius 2 is 1.78 bits per heavy atom. The van der Waals surface area contributed by atoms with Crippen molar-refractivity contribution in [2.24, 2.45) is 0 Å². The summed E-state index contributed by atoms with van der Waals surface area (Å²) >= 11 is 5.02. The number of carboxylic acids is 1. The normalized spacial score (nSPS) is 9.96. The number of nitro groups is 1. The quantitative estimate of drug-likeness (QED) is 0.432. The van der Waals surface area contributed by atoms with Gasteiger partial charge in [-0.3, -0.25) is 20.2 Å². The third-order valence-corrected chi connectivity index (χ3v) is 3.53. The Balaban J connectivity index is 2.07. The monoisotopic (exact) mass is 388 g/mol. The lowest BCUT2D eigenvalue weighted by Gasteiger charge is -2.11. The number of hydrogen-bond donors (Lipinski definition) is 2. The molecule has 0 saturated heterocycles. The molecule has 0 saturated carbocycles. The van der Waals surface area contributed by atoms with Gasteiger partial charge in [-0.2, -0.15) is 0 Å². The molecule has 0 unspecified atom stereocenters. The number of nitro benzene ring substituents is 1. The van der Waals surface area contributed by atoms with Gasteiger partial charge in [-0.1, -0.05) is 12.1 Å². The summed E-state index contributed by atoms with van der Waals surface area (Å²) in [4.78, 5) is 33.4. The molecule has 2 rings (SSSR count). The molecule has 0 bridgehead atoms. The summed E-state index contributed by atoms with van der Waals surface area (Å²) in [5.41, 5.74) is 0.142. The van der Waals surface area contributed by atoms with Gasteiger partial charge in [0, 0.05) is 17.3 Å². The smallest absolute Gasteiger partial charge is 0.311 e. The van der Waals surface area contributed by atoms with Crippen molar-refractivity contribution in [1.29, 1.82) is 0 Å². The van der Waals surface area contributed by atoms with Crippen LogP contribution in [-0.2, 0) is 0 Å². The number of hydrogen-bond acceptors (Lipinski definition) is 7. The van der Waals surface area contributed by atoms with Crippen LogP contribution in [-0.4, -0.2) is 28.5 Å². The van der Waals surface area contributed by atoms with Crippen LogP contribution in [0, 0.1) is 10.1 Å². The molecular formula is C17H14N3O6S-. The molecule has 0 radical (unpaired) electrons. The molecule has 0 aliphatic heterocycles. The molecule has 9 nitrogen and oxygen atoms in total. The van der Waals surface area contributed by atoms with Crippen molar-refractivity contribution < 1.29 is 24.4 Å². The molecule has 140 valence electrons. The van der Waals surface area contributed by atoms with Gasteiger partial charge in [0.1, 0.15) is 0 Å². The maximum atomic E-state index is 12.2. The number of carbonyl (C=O) groups excluding carboxylic acids is 2. The van der Waals surface area contributed by atoms with Gasteiger partial charge >= 0.3 is 5.69 Å². The molecule has 0 aliphatic carbocycles. The fourth-order valence-corrected chi connectivity index (χ4v) is 2.32. The van der Waals surface area contributed by atoms with Crippen LogP contribution in [0.15, 0.2) is 42.5 Å². The van der Waals surface area contributed by atoms with E-state index in [-0.39, 0.29) is 34.3 Å². The number of amides is 1. The highest BCUT2D eigenvalue weighted by atomic mass is 32.1. The van der Waals surface area contributed by atoms with Crippen molar-refractivity contribution in [2.75, 3.05) is 11.9 Å². The van der Waals surface area contributed by atoms with Crippen molar-refractivity contribution in [3.63, 3.8) is 0 Å². The van der Waals surface area contributed by atoms with E-state index in [1.807, 2.05) is 0 Å². The summed E-state index contributed by atoms with van der Waals surface area (Å²) in [5.74, 6) is -1.90. The van der Waals surface area contributed by atoms with E-state index in [1.54, 1.807) is 6.92 Å². The largest absolute Gasteiger partial charge is 0.545 e. The van der Waals surface area contributed by atoms with Crippen molar-refractivity contribution >= 4 is 40.6 Å². The van der Waals surface area contributed by atoms with Crippen LogP contribution in [0.1, 0.15) is 27.6 Å². The van der Waals surface area contributed by atoms with Gasteiger partial charge in [0.15, 0.2) is 10.9 Å². The Kier molecular flexibility index (Phi) is 6.39. The lowest BCUT2D eigenvalue weighted by Crippen LogP contribution is -2.34. The number of benzene rings is 2. The maximum absolute atomic E-state index is 12.2. The van der Waals surface area contributed by atoms with Crippen LogP contribution in [0.2, 0.25) is 0 Å². The molecule has 0 atom stereocenters. The van der Waals surface area contributed by atoms with Gasteiger partial charge in [-0.15, -0.1) is 0 Å². The molecule has 0 aromatic heterocycles. The van der Waals surface area contributed by atoms with Crippen LogP contribution in [0.3, 0.4) is 0 Å². The Morgan fingerprint density at radius 1 is 1.15 bits per heavy atom. The summed E-state index contributed by atoms with van der Waals surface area (Å²) in [6.07, 6.45) is 0. The lowest BCUT2D eigenvalue weighted by atomic mass is 10.1. The summed E-state index contributed by atoms with van der Waals surface area (Å²) in [7, 11) is 0. The summed E-state index contributed by atoms with van der Waals surface area (Å²) in [6, 6.07) is 9.35. The summed E-state index contributed by atoms with van der Waals surface area (Å²) in [6.45, 7) is 1.94. The number of nitrogens with zero attached hydrogens (tertiary/aromatic N) is 1. The second-order valence-electron chi connectivity index (χ2n) is 5.15. The predicted octanol–water partition coefficient (Wildman–Crippen LogP) is 1.48. The van der Waals surface area contributed by atoms with Gasteiger partial charge in [-0.05, 0) is 49.0 Å². The number of rotatable bonds is 6. The topological polar surface area (TPSA) is 134 Å². The molecule has 0 fully saturated rings. The standard InChI is InChI=1S/C17H15N3O6S/c1-2-26-14-8-5-11(9-13(14)20(24)25)15(21)19-17(27)18-12-6-3-10(4-7-12)16(22)23/h3-9H,2H2,1H3,(H,22,23)(H2,18,19,21,27)/p-1. The fraction of sp³-hybridized carbons (Fsp3) is 0.118. The highest BCUT2D eigenvalue weighted by Crippen LogP contribution is 2.27. The van der Waals surface area contributed by atoms with Gasteiger partial charge in [0.05, 0.1) is 17.5 Å². The zero-order valence-corrected chi connectivity index (χ0v) is 14.9. The lowest BCUT2D eigenvalue weighted by molar-refractivity contribution is -0.385. The zero-order chi connectivity index (χ0) is 20.0. The van der Waals surface area contributed by atoms with Crippen LogP contribution < -0.4 is 20.5 Å². The van der Waals surface area contributed by atoms with Gasteiger partial charge in [-0.25, -0.2) is 0 Å². The van der Waals surface area contributed by atoms with Crippen LogP contribution >= 0.6 is 12.2 Å². The predicted molar refractivity (Wildman–Crippen MR) is 98.7 cm³/mol. The van der Waals surface area contributed by atoms with Crippen LogP contribution in [0.4, 0.5) is 11.4 Å². The van der Waals surface area contributed by atoms with Gasteiger partial charge in [0.2, 0.25) is 0 Å². The van der Waals surface area contributed by atoms with Gasteiger partial charge in [0.25, 0.3) is 5.91 Å². The zero-order valence-electron chi connectivity index (χ0n) is 14.1. The maximum Gasteiger partial charge on any atom is 0.311 e. The number of thiocarbonyl (C=S) groups is 1. The first-order chi connectivity index (χ1) is 12.8.